The molecule has 6 aliphatic rings. The summed E-state index contributed by atoms with van der Waals surface area (Å²) in [5.41, 5.74) is -1.60. The van der Waals surface area contributed by atoms with E-state index in [9.17, 15) is 19.8 Å². The number of carbonyl (C=O) groups is 2. The molecule has 3 saturated carbocycles. The van der Waals surface area contributed by atoms with Crippen LogP contribution in [0.25, 0.3) is 0 Å². The van der Waals surface area contributed by atoms with E-state index in [0.717, 1.165) is 31.3 Å². The highest BCUT2D eigenvalue weighted by atomic mass is 16.6. The van der Waals surface area contributed by atoms with Gasteiger partial charge in [-0.3, -0.25) is 4.79 Å². The lowest BCUT2D eigenvalue weighted by molar-refractivity contribution is -0.195. The smallest absolute Gasteiger partial charge is 0.334 e. The summed E-state index contributed by atoms with van der Waals surface area (Å²) in [6.07, 6.45) is 7.18. The summed E-state index contributed by atoms with van der Waals surface area (Å²) in [6.45, 7) is 9.86. The van der Waals surface area contributed by atoms with Crippen LogP contribution in [0, 0.1) is 34.5 Å². The molecule has 0 radical (unpaired) electrons. The Kier molecular flexibility index (Phi) is 4.61. The van der Waals surface area contributed by atoms with Crippen LogP contribution >= 0.6 is 0 Å². The van der Waals surface area contributed by atoms with Gasteiger partial charge in [0.2, 0.25) is 0 Å². The minimum Gasteiger partial charge on any atom is -0.456 e. The van der Waals surface area contributed by atoms with E-state index >= 15 is 0 Å². The lowest BCUT2D eigenvalue weighted by atomic mass is 9.43. The summed E-state index contributed by atoms with van der Waals surface area (Å²) in [4.78, 5) is 25.7. The van der Waals surface area contributed by atoms with E-state index < -0.39 is 22.7 Å². The van der Waals surface area contributed by atoms with Gasteiger partial charge in [-0.15, -0.1) is 0 Å². The van der Waals surface area contributed by atoms with Gasteiger partial charge in [-0.05, 0) is 95.0 Å². The van der Waals surface area contributed by atoms with Gasteiger partial charge >= 0.3 is 5.97 Å². The van der Waals surface area contributed by atoms with Crippen LogP contribution in [0.4, 0.5) is 0 Å². The van der Waals surface area contributed by atoms with E-state index in [0.29, 0.717) is 24.3 Å². The van der Waals surface area contributed by atoms with Gasteiger partial charge in [0.05, 0.1) is 11.5 Å². The third kappa shape index (κ3) is 2.58. The Morgan fingerprint density at radius 2 is 1.85 bits per heavy atom. The molecule has 0 aromatic carbocycles. The Labute approximate surface area is 201 Å². The number of cyclic esters (lactones) is 1. The van der Waals surface area contributed by atoms with E-state index in [-0.39, 0.29) is 47.1 Å². The predicted octanol–water partition coefficient (Wildman–Crippen LogP) is 3.50. The second kappa shape index (κ2) is 6.83. The maximum Gasteiger partial charge on any atom is 0.334 e. The molecule has 6 nitrogen and oxygen atoms in total. The van der Waals surface area contributed by atoms with Crippen molar-refractivity contribution in [3.63, 3.8) is 0 Å². The Morgan fingerprint density at radius 1 is 1.12 bits per heavy atom. The van der Waals surface area contributed by atoms with E-state index in [1.807, 2.05) is 26.8 Å². The SMILES string of the molecule is CC1=C(C)C(=O)O[C@@H]([C@](C)(O)[C@H]2CC[C@H]3[C@H]4C(CC[C@]23C)[C@@]2(C)C(=O)C=CC[C@]2(O)[C@H]2O[C@@H]42)C1. The van der Waals surface area contributed by atoms with Crippen molar-refractivity contribution < 1.29 is 29.3 Å². The van der Waals surface area contributed by atoms with E-state index in [1.165, 1.54) is 0 Å². The number of rotatable bonds is 2. The fraction of sp³-hybridized carbons (Fsp3) is 0.786. The van der Waals surface area contributed by atoms with Crippen molar-refractivity contribution in [2.45, 2.75) is 103 Å². The number of aliphatic hydroxyl groups is 2. The normalized spacial score (nSPS) is 53.3. The van der Waals surface area contributed by atoms with E-state index in [2.05, 4.69) is 6.92 Å². The van der Waals surface area contributed by atoms with Crippen LogP contribution in [0.5, 0.6) is 0 Å². The monoisotopic (exact) mass is 470 g/mol. The Hall–Kier alpha value is -1.50. The minimum absolute atomic E-state index is 0.0114. The molecule has 4 fully saturated rings. The van der Waals surface area contributed by atoms with Crippen LogP contribution in [0.15, 0.2) is 23.3 Å². The number of ether oxygens (including phenoxy) is 2. The zero-order valence-corrected chi connectivity index (χ0v) is 21.0. The molecule has 0 aromatic heterocycles. The standard InChI is InChI=1S/C28H38O6/c1-14-13-20(33-24(30)15(14)2)27(5,31)18-9-8-16-21-17(10-12-25(16,18)3)26(4)19(29)7-6-11-28(26,32)23-22(21)34-23/h6-7,16-18,20-23,31-32H,8-13H2,1-5H3/t16-,17?,18-,20+,21-,22-,23-,25-,26-,27+,28-/m0/s1. The average molecular weight is 471 g/mol. The number of hydrogen-bond acceptors (Lipinski definition) is 6. The summed E-state index contributed by atoms with van der Waals surface area (Å²) < 4.78 is 12.0. The van der Waals surface area contributed by atoms with Gasteiger partial charge in [-0.2, -0.15) is 0 Å². The summed E-state index contributed by atoms with van der Waals surface area (Å²) in [5.74, 6) is 0.263. The quantitative estimate of drug-likeness (QED) is 0.474. The van der Waals surface area contributed by atoms with Crippen molar-refractivity contribution in [1.29, 1.82) is 0 Å². The minimum atomic E-state index is -1.14. The molecular formula is C28H38O6. The lowest BCUT2D eigenvalue weighted by Crippen LogP contribution is -2.67. The molecule has 0 spiro atoms. The molecule has 0 amide bonds. The summed E-state index contributed by atoms with van der Waals surface area (Å²) >= 11 is 0. The highest BCUT2D eigenvalue weighted by molar-refractivity contribution is 5.97. The molecule has 6 heteroatoms. The average Bonchev–Trinajstić information content (AvgIpc) is 3.49. The second-order valence-electron chi connectivity index (χ2n) is 12.8. The molecule has 186 valence electrons. The van der Waals surface area contributed by atoms with Gasteiger partial charge in [0.1, 0.15) is 23.4 Å². The van der Waals surface area contributed by atoms with Crippen LogP contribution < -0.4 is 0 Å². The van der Waals surface area contributed by atoms with E-state index in [4.69, 9.17) is 9.47 Å². The van der Waals surface area contributed by atoms with Gasteiger partial charge in [0, 0.05) is 12.0 Å². The van der Waals surface area contributed by atoms with Crippen molar-refractivity contribution >= 4 is 11.8 Å². The third-order valence-corrected chi connectivity index (χ3v) is 11.6. The van der Waals surface area contributed by atoms with Crippen molar-refractivity contribution in [3.8, 4) is 0 Å². The molecule has 0 bridgehead atoms. The first-order chi connectivity index (χ1) is 15.9. The maximum absolute atomic E-state index is 13.3. The number of hydrogen-bond donors (Lipinski definition) is 2. The molecule has 2 heterocycles. The number of fused-ring (bicyclic) bond motifs is 8. The first-order valence-electron chi connectivity index (χ1n) is 13.1. The van der Waals surface area contributed by atoms with Crippen LogP contribution in [0.1, 0.15) is 73.1 Å². The topological polar surface area (TPSA) is 96.4 Å². The lowest BCUT2D eigenvalue weighted by Gasteiger charge is -2.60. The highest BCUT2D eigenvalue weighted by Gasteiger charge is 2.78. The first-order valence-corrected chi connectivity index (χ1v) is 13.1. The fourth-order valence-corrected chi connectivity index (χ4v) is 9.36. The predicted molar refractivity (Wildman–Crippen MR) is 125 cm³/mol. The molecule has 2 aliphatic heterocycles. The second-order valence-corrected chi connectivity index (χ2v) is 12.8. The maximum atomic E-state index is 13.3. The number of epoxide rings is 1. The number of carbonyl (C=O) groups excluding carboxylic acids is 2. The molecule has 11 atom stereocenters. The molecule has 1 saturated heterocycles. The van der Waals surface area contributed by atoms with Crippen LogP contribution in [0.2, 0.25) is 0 Å². The van der Waals surface area contributed by atoms with Crippen LogP contribution in [-0.2, 0) is 19.1 Å². The molecule has 0 aromatic rings. The van der Waals surface area contributed by atoms with Crippen LogP contribution in [0.3, 0.4) is 0 Å². The summed E-state index contributed by atoms with van der Waals surface area (Å²) in [5, 5.41) is 23.6. The van der Waals surface area contributed by atoms with Gasteiger partial charge in [0.15, 0.2) is 5.78 Å². The van der Waals surface area contributed by atoms with Gasteiger partial charge in [-0.25, -0.2) is 4.79 Å². The molecule has 34 heavy (non-hydrogen) atoms. The number of ketones is 1. The molecule has 6 rings (SSSR count). The van der Waals surface area contributed by atoms with Crippen molar-refractivity contribution in [2.75, 3.05) is 0 Å². The van der Waals surface area contributed by atoms with Crippen molar-refractivity contribution in [2.24, 2.45) is 34.5 Å². The number of allylic oxidation sites excluding steroid dienone is 1. The first kappa shape index (κ1) is 22.9. The Balaban J connectivity index is 1.33. The summed E-state index contributed by atoms with van der Waals surface area (Å²) in [6, 6.07) is 0. The van der Waals surface area contributed by atoms with Gasteiger partial charge in [-0.1, -0.05) is 18.6 Å². The molecule has 2 N–H and O–H groups in total. The molecular weight excluding hydrogens is 432 g/mol. The van der Waals surface area contributed by atoms with Gasteiger partial charge in [0.25, 0.3) is 0 Å². The van der Waals surface area contributed by atoms with Gasteiger partial charge < -0.3 is 19.7 Å². The van der Waals surface area contributed by atoms with Crippen LogP contribution in [-0.4, -0.2) is 51.5 Å². The zero-order chi connectivity index (χ0) is 24.4. The van der Waals surface area contributed by atoms with Crippen molar-refractivity contribution in [3.05, 3.63) is 23.3 Å². The Bertz CT molecular complexity index is 1030. The highest BCUT2D eigenvalue weighted by Crippen LogP contribution is 2.72. The largest absolute Gasteiger partial charge is 0.456 e. The molecule has 1 unspecified atom stereocenters. The molecule has 4 aliphatic carbocycles. The fourth-order valence-electron chi connectivity index (χ4n) is 9.36. The third-order valence-electron chi connectivity index (χ3n) is 11.6. The van der Waals surface area contributed by atoms with E-state index in [1.54, 1.807) is 13.0 Å². The number of esters is 1. The zero-order valence-electron chi connectivity index (χ0n) is 21.0. The Morgan fingerprint density at radius 3 is 2.56 bits per heavy atom. The summed E-state index contributed by atoms with van der Waals surface area (Å²) in [7, 11) is 0. The van der Waals surface area contributed by atoms with Crippen molar-refractivity contribution in [1.82, 2.24) is 0 Å².